The third kappa shape index (κ3) is 8.08. The fourth-order valence-electron chi connectivity index (χ4n) is 2.10. The van der Waals surface area contributed by atoms with Crippen LogP contribution in [-0.2, 0) is 4.74 Å². The van der Waals surface area contributed by atoms with Crippen molar-refractivity contribution in [2.75, 3.05) is 19.8 Å². The van der Waals surface area contributed by atoms with E-state index in [1.54, 1.807) is 0 Å². The number of hydrogen-bond donors (Lipinski definition) is 1. The molecule has 1 rings (SSSR count). The van der Waals surface area contributed by atoms with Gasteiger partial charge in [-0.3, -0.25) is 0 Å². The Balaban J connectivity index is 2.17. The molecule has 0 saturated heterocycles. The van der Waals surface area contributed by atoms with Crippen molar-refractivity contribution < 1.29 is 14.6 Å². The van der Waals surface area contributed by atoms with Gasteiger partial charge in [-0.15, -0.1) is 0 Å². The second kappa shape index (κ2) is 11.6. The fourth-order valence-corrected chi connectivity index (χ4v) is 2.10. The van der Waals surface area contributed by atoms with E-state index in [0.29, 0.717) is 6.61 Å². The van der Waals surface area contributed by atoms with Crippen LogP contribution < -0.4 is 4.74 Å². The van der Waals surface area contributed by atoms with Gasteiger partial charge in [0.2, 0.25) is 0 Å². The van der Waals surface area contributed by atoms with E-state index < -0.39 is 6.10 Å². The van der Waals surface area contributed by atoms with E-state index in [2.05, 4.69) is 13.8 Å². The molecule has 1 N–H and O–H groups in total. The first-order chi connectivity index (χ1) is 10.3. The van der Waals surface area contributed by atoms with Gasteiger partial charge in [0.1, 0.15) is 11.9 Å². The van der Waals surface area contributed by atoms with Crippen molar-refractivity contribution >= 4 is 0 Å². The van der Waals surface area contributed by atoms with Crippen molar-refractivity contribution in [2.24, 2.45) is 0 Å². The molecule has 0 amide bonds. The molecule has 0 aliphatic carbocycles. The maximum absolute atomic E-state index is 10.1. The highest BCUT2D eigenvalue weighted by atomic mass is 16.5. The van der Waals surface area contributed by atoms with Gasteiger partial charge in [0, 0.05) is 6.61 Å². The van der Waals surface area contributed by atoms with Gasteiger partial charge >= 0.3 is 0 Å². The molecular formula is C18H30O3. The monoisotopic (exact) mass is 294 g/mol. The molecular weight excluding hydrogens is 264 g/mol. The first-order valence-electron chi connectivity index (χ1n) is 8.26. The molecule has 1 aromatic rings. The summed E-state index contributed by atoms with van der Waals surface area (Å²) >= 11 is 0. The molecule has 0 fully saturated rings. The summed E-state index contributed by atoms with van der Waals surface area (Å²) in [4.78, 5) is 0. The first kappa shape index (κ1) is 18.0. The highest BCUT2D eigenvalue weighted by Gasteiger charge is 2.07. The maximum atomic E-state index is 10.1. The summed E-state index contributed by atoms with van der Waals surface area (Å²) in [5.41, 5.74) is 0.879. The fraction of sp³-hybridized carbons (Fsp3) is 0.667. The number of aliphatic hydroxyl groups is 1. The van der Waals surface area contributed by atoms with Crippen LogP contribution in [0.25, 0.3) is 0 Å². The van der Waals surface area contributed by atoms with Crippen LogP contribution in [0.1, 0.15) is 64.0 Å². The zero-order chi connectivity index (χ0) is 15.3. The summed E-state index contributed by atoms with van der Waals surface area (Å²) in [6.07, 6.45) is 6.58. The Bertz CT molecular complexity index is 348. The van der Waals surface area contributed by atoms with Crippen LogP contribution in [0.5, 0.6) is 5.75 Å². The van der Waals surface area contributed by atoms with Crippen molar-refractivity contribution in [1.82, 2.24) is 0 Å². The molecule has 0 saturated carbocycles. The molecule has 0 aliphatic rings. The minimum absolute atomic E-state index is 0.364. The molecule has 0 aromatic heterocycles. The van der Waals surface area contributed by atoms with Gasteiger partial charge in [-0.2, -0.15) is 0 Å². The zero-order valence-corrected chi connectivity index (χ0v) is 13.5. The zero-order valence-electron chi connectivity index (χ0n) is 13.5. The Labute approximate surface area is 129 Å². The van der Waals surface area contributed by atoms with E-state index in [4.69, 9.17) is 9.47 Å². The van der Waals surface area contributed by atoms with Gasteiger partial charge in [-0.25, -0.2) is 0 Å². The van der Waals surface area contributed by atoms with Gasteiger partial charge in [0.25, 0.3) is 0 Å². The van der Waals surface area contributed by atoms with Gasteiger partial charge in [0.05, 0.1) is 13.2 Å². The summed E-state index contributed by atoms with van der Waals surface area (Å²) in [6, 6.07) is 7.61. The van der Waals surface area contributed by atoms with E-state index in [1.807, 2.05) is 24.3 Å². The summed E-state index contributed by atoms with van der Waals surface area (Å²) < 4.78 is 11.1. The standard InChI is InChI=1S/C18H30O3/c1-3-5-6-7-8-14-20-15-18(19)16-9-11-17(12-10-16)21-13-4-2/h9-12,18-19H,3-8,13-15H2,1-2H3. The van der Waals surface area contributed by atoms with Crippen molar-refractivity contribution in [3.8, 4) is 5.75 Å². The van der Waals surface area contributed by atoms with Gasteiger partial charge in [-0.05, 0) is 30.5 Å². The molecule has 0 bridgehead atoms. The smallest absolute Gasteiger partial charge is 0.119 e. The molecule has 1 unspecified atom stereocenters. The van der Waals surface area contributed by atoms with Crippen molar-refractivity contribution in [3.63, 3.8) is 0 Å². The average molecular weight is 294 g/mol. The topological polar surface area (TPSA) is 38.7 Å². The lowest BCUT2D eigenvalue weighted by Crippen LogP contribution is -2.08. The van der Waals surface area contributed by atoms with E-state index in [-0.39, 0.29) is 0 Å². The summed E-state index contributed by atoms with van der Waals surface area (Å²) in [6.45, 7) is 6.12. The molecule has 120 valence electrons. The second-order valence-corrected chi connectivity index (χ2v) is 5.42. The first-order valence-corrected chi connectivity index (χ1v) is 8.26. The second-order valence-electron chi connectivity index (χ2n) is 5.42. The van der Waals surface area contributed by atoms with Crippen LogP contribution in [0.2, 0.25) is 0 Å². The van der Waals surface area contributed by atoms with Crippen molar-refractivity contribution in [1.29, 1.82) is 0 Å². The largest absolute Gasteiger partial charge is 0.494 e. The van der Waals surface area contributed by atoms with Crippen LogP contribution in [0.3, 0.4) is 0 Å². The number of unbranched alkanes of at least 4 members (excludes halogenated alkanes) is 4. The number of aliphatic hydroxyl groups excluding tert-OH is 1. The van der Waals surface area contributed by atoms with Crippen LogP contribution in [-0.4, -0.2) is 24.9 Å². The van der Waals surface area contributed by atoms with Gasteiger partial charge in [0.15, 0.2) is 0 Å². The van der Waals surface area contributed by atoms with Crippen LogP contribution in [0.4, 0.5) is 0 Å². The average Bonchev–Trinajstić information content (AvgIpc) is 2.52. The summed E-state index contributed by atoms with van der Waals surface area (Å²) in [5, 5.41) is 10.1. The Morgan fingerprint density at radius 1 is 0.905 bits per heavy atom. The minimum atomic E-state index is -0.555. The van der Waals surface area contributed by atoms with Crippen molar-refractivity contribution in [3.05, 3.63) is 29.8 Å². The SMILES string of the molecule is CCCCCCCOCC(O)c1ccc(OCCC)cc1. The lowest BCUT2D eigenvalue weighted by molar-refractivity contribution is 0.0344. The normalized spacial score (nSPS) is 12.3. The summed E-state index contributed by atoms with van der Waals surface area (Å²) in [5.74, 6) is 0.852. The predicted octanol–water partition coefficient (Wildman–Crippen LogP) is 4.50. The predicted molar refractivity (Wildman–Crippen MR) is 86.8 cm³/mol. The summed E-state index contributed by atoms with van der Waals surface area (Å²) in [7, 11) is 0. The highest BCUT2D eigenvalue weighted by molar-refractivity contribution is 5.28. The molecule has 0 radical (unpaired) electrons. The molecule has 3 nitrogen and oxygen atoms in total. The lowest BCUT2D eigenvalue weighted by atomic mass is 10.1. The highest BCUT2D eigenvalue weighted by Crippen LogP contribution is 2.18. The number of ether oxygens (including phenoxy) is 2. The minimum Gasteiger partial charge on any atom is -0.494 e. The Kier molecular flexibility index (Phi) is 9.92. The number of rotatable bonds is 12. The quantitative estimate of drug-likeness (QED) is 0.577. The Morgan fingerprint density at radius 3 is 2.29 bits per heavy atom. The van der Waals surface area contributed by atoms with E-state index in [9.17, 15) is 5.11 Å². The number of hydrogen-bond acceptors (Lipinski definition) is 3. The molecule has 21 heavy (non-hydrogen) atoms. The molecule has 0 heterocycles. The molecule has 3 heteroatoms. The third-order valence-corrected chi connectivity index (χ3v) is 3.41. The molecule has 1 atom stereocenters. The van der Waals surface area contributed by atoms with E-state index >= 15 is 0 Å². The van der Waals surface area contributed by atoms with E-state index in [0.717, 1.165) is 37.4 Å². The Hall–Kier alpha value is -1.06. The third-order valence-electron chi connectivity index (χ3n) is 3.41. The molecule has 0 spiro atoms. The number of benzene rings is 1. The van der Waals surface area contributed by atoms with Crippen LogP contribution in [0.15, 0.2) is 24.3 Å². The van der Waals surface area contributed by atoms with Gasteiger partial charge < -0.3 is 14.6 Å². The van der Waals surface area contributed by atoms with E-state index in [1.165, 1.54) is 25.7 Å². The maximum Gasteiger partial charge on any atom is 0.119 e. The van der Waals surface area contributed by atoms with Crippen molar-refractivity contribution in [2.45, 2.75) is 58.5 Å². The lowest BCUT2D eigenvalue weighted by Gasteiger charge is -2.12. The molecule has 1 aromatic carbocycles. The van der Waals surface area contributed by atoms with Crippen LogP contribution >= 0.6 is 0 Å². The van der Waals surface area contributed by atoms with Gasteiger partial charge in [-0.1, -0.05) is 51.7 Å². The molecule has 0 aliphatic heterocycles. The van der Waals surface area contributed by atoms with Crippen LogP contribution in [0, 0.1) is 0 Å². The Morgan fingerprint density at radius 2 is 1.62 bits per heavy atom.